The molecule has 0 aliphatic carbocycles. The fraction of sp³-hybridized carbons (Fsp3) is 0.267. The zero-order chi connectivity index (χ0) is 25.6. The monoisotopic (exact) mass is 558 g/mol. The molecule has 4 nitrogen and oxygen atoms in total. The molecule has 5 rings (SSSR count). The minimum Gasteiger partial charge on any atom is -0.351 e. The lowest BCUT2D eigenvalue weighted by molar-refractivity contribution is 0.565. The van der Waals surface area contributed by atoms with E-state index in [-0.39, 0.29) is 12.1 Å². The van der Waals surface area contributed by atoms with Crippen molar-refractivity contribution in [3.8, 4) is 5.69 Å². The first-order valence-electron chi connectivity index (χ1n) is 12.4. The van der Waals surface area contributed by atoms with Gasteiger partial charge in [-0.25, -0.2) is 0 Å². The summed E-state index contributed by atoms with van der Waals surface area (Å²) >= 11 is 9.61. The van der Waals surface area contributed by atoms with E-state index < -0.39 is 0 Å². The van der Waals surface area contributed by atoms with Crippen molar-refractivity contribution in [3.63, 3.8) is 0 Å². The highest BCUT2D eigenvalue weighted by molar-refractivity contribution is 9.10. The summed E-state index contributed by atoms with van der Waals surface area (Å²) in [5.74, 6) is 0. The topological polar surface area (TPSA) is 33.1 Å². The molecule has 0 spiro atoms. The summed E-state index contributed by atoms with van der Waals surface area (Å²) in [5, 5.41) is 4.32. The van der Waals surface area contributed by atoms with Gasteiger partial charge >= 0.3 is 0 Å². The maximum absolute atomic E-state index is 5.96. The van der Waals surface area contributed by atoms with Gasteiger partial charge in [0.25, 0.3) is 0 Å². The Balaban J connectivity index is 1.72. The number of benzene rings is 2. The largest absolute Gasteiger partial charge is 0.351 e. The van der Waals surface area contributed by atoms with Crippen LogP contribution in [-0.4, -0.2) is 14.7 Å². The molecule has 1 aliphatic heterocycles. The molecular weight excluding hydrogens is 528 g/mol. The van der Waals surface area contributed by atoms with Gasteiger partial charge in [0.15, 0.2) is 5.11 Å². The number of hydrogen-bond donors (Lipinski definition) is 1. The van der Waals surface area contributed by atoms with E-state index in [1.54, 1.807) is 0 Å². The van der Waals surface area contributed by atoms with Crippen LogP contribution in [0.1, 0.15) is 58.3 Å². The summed E-state index contributed by atoms with van der Waals surface area (Å²) in [6.45, 7) is 11.0. The fourth-order valence-corrected chi connectivity index (χ4v) is 6.08. The number of aryl methyl sites for hydroxylation is 4. The summed E-state index contributed by atoms with van der Waals surface area (Å²) < 4.78 is 3.51. The smallest absolute Gasteiger partial charge is 0.174 e. The number of thiocarbonyl (C=S) groups is 1. The highest BCUT2D eigenvalue weighted by Gasteiger charge is 2.42. The number of pyridine rings is 1. The third-order valence-corrected chi connectivity index (χ3v) is 8.44. The average molecular weight is 560 g/mol. The number of anilines is 1. The van der Waals surface area contributed by atoms with Crippen LogP contribution in [0.4, 0.5) is 5.69 Å². The predicted molar refractivity (Wildman–Crippen MR) is 156 cm³/mol. The quantitative estimate of drug-likeness (QED) is 0.255. The zero-order valence-corrected chi connectivity index (χ0v) is 23.7. The molecule has 0 unspecified atom stereocenters. The van der Waals surface area contributed by atoms with Crippen LogP contribution in [0.25, 0.3) is 5.69 Å². The summed E-state index contributed by atoms with van der Waals surface area (Å²) in [7, 11) is 0. The van der Waals surface area contributed by atoms with Gasteiger partial charge < -0.3 is 14.8 Å². The van der Waals surface area contributed by atoms with Gasteiger partial charge in [-0.05, 0) is 105 Å². The molecule has 2 atom stereocenters. The van der Waals surface area contributed by atoms with Gasteiger partial charge in [0, 0.05) is 27.7 Å². The Morgan fingerprint density at radius 3 is 2.47 bits per heavy atom. The molecule has 2 aromatic heterocycles. The normalized spacial score (nSPS) is 17.5. The highest BCUT2D eigenvalue weighted by atomic mass is 79.9. The molecule has 4 aromatic rings. The summed E-state index contributed by atoms with van der Waals surface area (Å²) in [6, 6.07) is 21.3. The van der Waals surface area contributed by atoms with Crippen LogP contribution in [0.5, 0.6) is 0 Å². The van der Waals surface area contributed by atoms with Gasteiger partial charge in [0.2, 0.25) is 0 Å². The standard InChI is InChI=1S/C30H31BrN4S/c1-6-22-11-9-10-18(2)28(22)34-20(4)17-24(21(34)5)29-27(26-12-7-8-15-32-26)33-30(36)35(29)23-13-14-25(31)19(3)16-23/h7-17,27,29H,6H2,1-5H3,(H,33,36)/t27-,29-/m0/s1. The van der Waals surface area contributed by atoms with Crippen molar-refractivity contribution in [3.05, 3.63) is 111 Å². The third kappa shape index (κ3) is 4.16. The first kappa shape index (κ1) is 24.7. The van der Waals surface area contributed by atoms with Gasteiger partial charge in [-0.2, -0.15) is 0 Å². The molecule has 3 heterocycles. The van der Waals surface area contributed by atoms with E-state index in [2.05, 4.69) is 114 Å². The van der Waals surface area contributed by atoms with E-state index in [0.717, 1.165) is 22.3 Å². The lowest BCUT2D eigenvalue weighted by Crippen LogP contribution is -2.29. The molecule has 1 saturated heterocycles. The Kier molecular flexibility index (Phi) is 6.75. The number of nitrogens with one attached hydrogen (secondary N) is 1. The Labute approximate surface area is 227 Å². The third-order valence-electron chi connectivity index (χ3n) is 7.23. The van der Waals surface area contributed by atoms with Gasteiger partial charge in [-0.15, -0.1) is 0 Å². The van der Waals surface area contributed by atoms with Crippen LogP contribution in [0, 0.1) is 27.7 Å². The Morgan fingerprint density at radius 1 is 0.972 bits per heavy atom. The lowest BCUT2D eigenvalue weighted by Gasteiger charge is -2.29. The highest BCUT2D eigenvalue weighted by Crippen LogP contribution is 2.44. The van der Waals surface area contributed by atoms with Crippen LogP contribution in [0.2, 0.25) is 0 Å². The molecule has 1 N–H and O–H groups in total. The number of nitrogens with zero attached hydrogens (tertiary/aromatic N) is 3. The van der Waals surface area contributed by atoms with E-state index in [1.165, 1.54) is 39.3 Å². The summed E-state index contributed by atoms with van der Waals surface area (Å²) in [5.41, 5.74) is 10.9. The molecule has 1 fully saturated rings. The average Bonchev–Trinajstić information content (AvgIpc) is 3.36. The van der Waals surface area contributed by atoms with Gasteiger partial charge in [0.05, 0.1) is 23.5 Å². The Hall–Kier alpha value is -2.96. The molecule has 0 bridgehead atoms. The van der Waals surface area contributed by atoms with Crippen molar-refractivity contribution >= 4 is 38.9 Å². The lowest BCUT2D eigenvalue weighted by atomic mass is 9.96. The van der Waals surface area contributed by atoms with E-state index in [1.807, 2.05) is 18.3 Å². The van der Waals surface area contributed by atoms with E-state index >= 15 is 0 Å². The minimum atomic E-state index is -0.0703. The van der Waals surface area contributed by atoms with Crippen molar-refractivity contribution in [2.75, 3.05) is 4.90 Å². The molecule has 2 aromatic carbocycles. The van der Waals surface area contributed by atoms with Crippen molar-refractivity contribution < 1.29 is 0 Å². The molecule has 0 radical (unpaired) electrons. The Morgan fingerprint density at radius 2 is 1.78 bits per heavy atom. The van der Waals surface area contributed by atoms with Gasteiger partial charge in [-0.3, -0.25) is 4.98 Å². The Bertz CT molecular complexity index is 1440. The zero-order valence-electron chi connectivity index (χ0n) is 21.3. The number of aromatic nitrogens is 2. The molecule has 36 heavy (non-hydrogen) atoms. The second kappa shape index (κ2) is 9.83. The molecule has 0 saturated carbocycles. The maximum atomic E-state index is 5.96. The van der Waals surface area contributed by atoms with Crippen LogP contribution in [0.3, 0.4) is 0 Å². The first-order valence-corrected chi connectivity index (χ1v) is 13.6. The summed E-state index contributed by atoms with van der Waals surface area (Å²) in [4.78, 5) is 6.99. The number of hydrogen-bond acceptors (Lipinski definition) is 2. The second-order valence-corrected chi connectivity index (χ2v) is 10.8. The fourth-order valence-electron chi connectivity index (χ4n) is 5.48. The predicted octanol–water partition coefficient (Wildman–Crippen LogP) is 7.61. The number of rotatable bonds is 5. The van der Waals surface area contributed by atoms with E-state index in [4.69, 9.17) is 17.2 Å². The number of halogens is 1. The van der Waals surface area contributed by atoms with Crippen LogP contribution in [0.15, 0.2) is 71.3 Å². The molecular formula is C30H31BrN4S. The van der Waals surface area contributed by atoms with E-state index in [9.17, 15) is 0 Å². The van der Waals surface area contributed by atoms with Crippen molar-refractivity contribution in [2.45, 2.75) is 53.1 Å². The molecule has 1 aliphatic rings. The minimum absolute atomic E-state index is 0.0398. The van der Waals surface area contributed by atoms with Crippen molar-refractivity contribution in [1.29, 1.82) is 0 Å². The van der Waals surface area contributed by atoms with Crippen LogP contribution >= 0.6 is 28.1 Å². The van der Waals surface area contributed by atoms with Crippen LogP contribution < -0.4 is 10.2 Å². The summed E-state index contributed by atoms with van der Waals surface area (Å²) in [6.07, 6.45) is 2.84. The number of para-hydroxylation sites is 1. The van der Waals surface area contributed by atoms with Gasteiger partial charge in [-0.1, -0.05) is 47.1 Å². The van der Waals surface area contributed by atoms with E-state index in [0.29, 0.717) is 5.11 Å². The molecule has 184 valence electrons. The molecule has 6 heteroatoms. The molecule has 0 amide bonds. The van der Waals surface area contributed by atoms with Crippen LogP contribution in [-0.2, 0) is 6.42 Å². The maximum Gasteiger partial charge on any atom is 0.174 e. The SMILES string of the molecule is CCc1cccc(C)c1-n1c(C)cc([C@H]2[C@H](c3ccccn3)NC(=S)N2c2ccc(Br)c(C)c2)c1C. The second-order valence-electron chi connectivity index (χ2n) is 9.53. The van der Waals surface area contributed by atoms with Gasteiger partial charge in [0.1, 0.15) is 0 Å². The van der Waals surface area contributed by atoms with Crippen molar-refractivity contribution in [1.82, 2.24) is 14.9 Å². The first-order chi connectivity index (χ1) is 17.3. The van der Waals surface area contributed by atoms with Crippen molar-refractivity contribution in [2.24, 2.45) is 0 Å².